The molecule has 0 radical (unpaired) electrons. The van der Waals surface area contributed by atoms with Crippen LogP contribution in [-0.2, 0) is 4.74 Å². The molecule has 0 unspecified atom stereocenters. The van der Waals surface area contributed by atoms with E-state index in [2.05, 4.69) is 9.88 Å². The molecule has 0 aliphatic rings. The van der Waals surface area contributed by atoms with E-state index < -0.39 is 0 Å². The number of anilines is 2. The molecule has 4 nitrogen and oxygen atoms in total. The fourth-order valence-electron chi connectivity index (χ4n) is 1.61. The summed E-state index contributed by atoms with van der Waals surface area (Å²) in [5, 5.41) is 1.00. The maximum atomic E-state index is 5.77. The molecule has 2 aromatic rings. The number of hydrogen-bond donors (Lipinski definition) is 1. The molecule has 0 bridgehead atoms. The van der Waals surface area contributed by atoms with Crippen LogP contribution in [0.15, 0.2) is 18.2 Å². The van der Waals surface area contributed by atoms with Gasteiger partial charge in [-0.25, -0.2) is 4.98 Å². The van der Waals surface area contributed by atoms with E-state index in [9.17, 15) is 0 Å². The summed E-state index contributed by atoms with van der Waals surface area (Å²) >= 11 is 1.66. The largest absolute Gasteiger partial charge is 0.399 e. The summed E-state index contributed by atoms with van der Waals surface area (Å²) < 4.78 is 6.67. The average Bonchev–Trinajstić information content (AvgIpc) is 2.71. The number of likely N-dealkylation sites (N-methyl/N-ethyl adjacent to an activating group) is 1. The zero-order chi connectivity index (χ0) is 13.1. The first-order chi connectivity index (χ1) is 8.56. The minimum Gasteiger partial charge on any atom is -0.399 e. The molecular formula is C13H19N3OS. The Labute approximate surface area is 111 Å². The molecule has 5 heteroatoms. The van der Waals surface area contributed by atoms with Gasteiger partial charge in [0.1, 0.15) is 0 Å². The number of benzene rings is 1. The van der Waals surface area contributed by atoms with Crippen LogP contribution in [-0.4, -0.2) is 31.3 Å². The van der Waals surface area contributed by atoms with Crippen LogP contribution in [0.1, 0.15) is 13.8 Å². The van der Waals surface area contributed by atoms with E-state index in [1.807, 2.05) is 39.1 Å². The summed E-state index contributed by atoms with van der Waals surface area (Å²) in [5.74, 6) is 0. The maximum Gasteiger partial charge on any atom is 0.186 e. The molecule has 0 atom stereocenters. The lowest BCUT2D eigenvalue weighted by molar-refractivity contribution is 0.0846. The third-order valence-corrected chi connectivity index (χ3v) is 3.74. The van der Waals surface area contributed by atoms with Gasteiger partial charge < -0.3 is 15.4 Å². The van der Waals surface area contributed by atoms with Gasteiger partial charge in [-0.05, 0) is 32.0 Å². The number of thiazole rings is 1. The SMILES string of the molecule is CC(C)OCCN(C)c1nc2ccc(N)cc2s1. The number of nitrogen functional groups attached to an aromatic ring is 1. The molecule has 0 saturated carbocycles. The van der Waals surface area contributed by atoms with E-state index >= 15 is 0 Å². The van der Waals surface area contributed by atoms with Gasteiger partial charge in [-0.2, -0.15) is 0 Å². The Balaban J connectivity index is 2.06. The third-order valence-electron chi connectivity index (χ3n) is 2.61. The summed E-state index contributed by atoms with van der Waals surface area (Å²) in [6.45, 7) is 5.64. The smallest absolute Gasteiger partial charge is 0.186 e. The highest BCUT2D eigenvalue weighted by atomic mass is 32.1. The van der Waals surface area contributed by atoms with Gasteiger partial charge in [0.15, 0.2) is 5.13 Å². The Hall–Kier alpha value is -1.33. The molecule has 0 amide bonds. The maximum absolute atomic E-state index is 5.77. The zero-order valence-electron chi connectivity index (χ0n) is 11.0. The Morgan fingerprint density at radius 3 is 2.94 bits per heavy atom. The van der Waals surface area contributed by atoms with Crippen LogP contribution in [0, 0.1) is 0 Å². The minimum atomic E-state index is 0.272. The highest BCUT2D eigenvalue weighted by Crippen LogP contribution is 2.29. The van der Waals surface area contributed by atoms with E-state index in [0.29, 0.717) is 6.61 Å². The molecule has 1 aromatic carbocycles. The third kappa shape index (κ3) is 3.11. The highest BCUT2D eigenvalue weighted by Gasteiger charge is 2.08. The molecule has 1 aromatic heterocycles. The first-order valence-corrected chi connectivity index (χ1v) is 6.86. The van der Waals surface area contributed by atoms with Crippen LogP contribution >= 0.6 is 11.3 Å². The van der Waals surface area contributed by atoms with Gasteiger partial charge in [0, 0.05) is 19.3 Å². The van der Waals surface area contributed by atoms with Gasteiger partial charge in [-0.15, -0.1) is 0 Å². The average molecular weight is 265 g/mol. The van der Waals surface area contributed by atoms with Crippen molar-refractivity contribution in [2.75, 3.05) is 30.8 Å². The van der Waals surface area contributed by atoms with Crippen molar-refractivity contribution in [2.45, 2.75) is 20.0 Å². The van der Waals surface area contributed by atoms with Crippen LogP contribution in [0.5, 0.6) is 0 Å². The Morgan fingerprint density at radius 2 is 2.22 bits per heavy atom. The van der Waals surface area contributed by atoms with Crippen LogP contribution in [0.4, 0.5) is 10.8 Å². The normalized spacial score (nSPS) is 11.3. The fourth-order valence-corrected chi connectivity index (χ4v) is 2.61. The van der Waals surface area contributed by atoms with Gasteiger partial charge in [-0.1, -0.05) is 11.3 Å². The molecule has 0 saturated heterocycles. The highest BCUT2D eigenvalue weighted by molar-refractivity contribution is 7.22. The van der Waals surface area contributed by atoms with Crippen molar-refractivity contribution >= 4 is 32.4 Å². The predicted octanol–water partition coefficient (Wildman–Crippen LogP) is 2.74. The van der Waals surface area contributed by atoms with Crippen LogP contribution in [0.2, 0.25) is 0 Å². The van der Waals surface area contributed by atoms with E-state index in [1.165, 1.54) is 0 Å². The molecule has 0 spiro atoms. The topological polar surface area (TPSA) is 51.4 Å². The van der Waals surface area contributed by atoms with Crippen molar-refractivity contribution in [1.82, 2.24) is 4.98 Å². The molecule has 0 fully saturated rings. The van der Waals surface area contributed by atoms with Gasteiger partial charge in [0.25, 0.3) is 0 Å². The molecule has 0 aliphatic carbocycles. The first kappa shape index (κ1) is 13.1. The standard InChI is InChI=1S/C13H19N3OS/c1-9(2)17-7-6-16(3)13-15-11-5-4-10(14)8-12(11)18-13/h4-5,8-9H,6-7,14H2,1-3H3. The van der Waals surface area contributed by atoms with Crippen LogP contribution in [0.3, 0.4) is 0 Å². The van der Waals surface area contributed by atoms with Gasteiger partial charge in [-0.3, -0.25) is 0 Å². The molecule has 18 heavy (non-hydrogen) atoms. The minimum absolute atomic E-state index is 0.272. The molecule has 1 heterocycles. The van der Waals surface area contributed by atoms with Crippen molar-refractivity contribution in [1.29, 1.82) is 0 Å². The molecule has 0 aliphatic heterocycles. The van der Waals surface area contributed by atoms with Crippen molar-refractivity contribution in [3.8, 4) is 0 Å². The number of hydrogen-bond acceptors (Lipinski definition) is 5. The lowest BCUT2D eigenvalue weighted by Gasteiger charge is -2.16. The summed E-state index contributed by atoms with van der Waals surface area (Å²) in [4.78, 5) is 6.70. The Kier molecular flexibility index (Phi) is 4.04. The van der Waals surface area contributed by atoms with Crippen LogP contribution in [0.25, 0.3) is 10.2 Å². The first-order valence-electron chi connectivity index (χ1n) is 6.05. The predicted molar refractivity (Wildman–Crippen MR) is 78.4 cm³/mol. The van der Waals surface area contributed by atoms with Crippen molar-refractivity contribution in [3.63, 3.8) is 0 Å². The molecule has 2 N–H and O–H groups in total. The van der Waals surface area contributed by atoms with E-state index in [0.717, 1.165) is 27.6 Å². The number of nitrogens with zero attached hydrogens (tertiary/aromatic N) is 2. The van der Waals surface area contributed by atoms with E-state index in [4.69, 9.17) is 10.5 Å². The van der Waals surface area contributed by atoms with Crippen molar-refractivity contribution in [3.05, 3.63) is 18.2 Å². The van der Waals surface area contributed by atoms with Gasteiger partial charge in [0.05, 0.1) is 22.9 Å². The molecule has 2 rings (SSSR count). The molecular weight excluding hydrogens is 246 g/mol. The van der Waals surface area contributed by atoms with Gasteiger partial charge >= 0.3 is 0 Å². The van der Waals surface area contributed by atoms with E-state index in [1.54, 1.807) is 11.3 Å². The number of fused-ring (bicyclic) bond motifs is 1. The van der Waals surface area contributed by atoms with Crippen molar-refractivity contribution in [2.24, 2.45) is 0 Å². The number of nitrogens with two attached hydrogens (primary N) is 1. The number of ether oxygens (including phenoxy) is 1. The molecule has 98 valence electrons. The van der Waals surface area contributed by atoms with Crippen LogP contribution < -0.4 is 10.6 Å². The second-order valence-corrected chi connectivity index (χ2v) is 5.57. The lowest BCUT2D eigenvalue weighted by atomic mass is 10.3. The number of aromatic nitrogens is 1. The summed E-state index contributed by atoms with van der Waals surface area (Å²) in [6.07, 6.45) is 0.272. The summed E-state index contributed by atoms with van der Waals surface area (Å²) in [7, 11) is 2.03. The summed E-state index contributed by atoms with van der Waals surface area (Å²) in [5.41, 5.74) is 7.55. The quantitative estimate of drug-likeness (QED) is 0.845. The van der Waals surface area contributed by atoms with Gasteiger partial charge in [0.2, 0.25) is 0 Å². The zero-order valence-corrected chi connectivity index (χ0v) is 11.8. The lowest BCUT2D eigenvalue weighted by Crippen LogP contribution is -2.23. The monoisotopic (exact) mass is 265 g/mol. The summed E-state index contributed by atoms with van der Waals surface area (Å²) in [6, 6.07) is 5.81. The number of rotatable bonds is 5. The Morgan fingerprint density at radius 1 is 1.44 bits per heavy atom. The second-order valence-electron chi connectivity index (χ2n) is 4.56. The van der Waals surface area contributed by atoms with Crippen molar-refractivity contribution < 1.29 is 4.74 Å². The van der Waals surface area contributed by atoms with E-state index in [-0.39, 0.29) is 6.10 Å². The fraction of sp³-hybridized carbons (Fsp3) is 0.462. The second kappa shape index (κ2) is 5.54. The Bertz CT molecular complexity index is 524.